The highest BCUT2D eigenvalue weighted by atomic mass is 32.1. The lowest BCUT2D eigenvalue weighted by atomic mass is 10.1. The summed E-state index contributed by atoms with van der Waals surface area (Å²) in [7, 11) is 0. The van der Waals surface area contributed by atoms with E-state index in [1.807, 2.05) is 6.20 Å². The molecule has 0 atom stereocenters. The van der Waals surface area contributed by atoms with Gasteiger partial charge >= 0.3 is 0 Å². The number of nitrogens with zero attached hydrogens (tertiary/aromatic N) is 4. The van der Waals surface area contributed by atoms with Gasteiger partial charge in [0.25, 0.3) is 0 Å². The molecule has 4 aromatic heterocycles. The van der Waals surface area contributed by atoms with Crippen LogP contribution >= 0.6 is 11.3 Å². The molecule has 2 N–H and O–H groups in total. The molecule has 0 saturated heterocycles. The third kappa shape index (κ3) is 2.01. The van der Waals surface area contributed by atoms with Crippen molar-refractivity contribution in [2.24, 2.45) is 0 Å². The van der Waals surface area contributed by atoms with E-state index in [9.17, 15) is 0 Å². The summed E-state index contributed by atoms with van der Waals surface area (Å²) in [5.41, 5.74) is 4.30. The molecule has 4 aromatic rings. The van der Waals surface area contributed by atoms with Gasteiger partial charge in [0.1, 0.15) is 22.4 Å². The van der Waals surface area contributed by atoms with Gasteiger partial charge in [0.05, 0.1) is 17.4 Å². The lowest BCUT2D eigenvalue weighted by Crippen LogP contribution is -2.22. The Kier molecular flexibility index (Phi) is 2.89. The van der Waals surface area contributed by atoms with E-state index in [-0.39, 0.29) is 0 Å². The van der Waals surface area contributed by atoms with Crippen molar-refractivity contribution in [2.45, 2.75) is 13.0 Å². The van der Waals surface area contributed by atoms with Crippen molar-refractivity contribution < 1.29 is 0 Å². The molecule has 1 aliphatic rings. The van der Waals surface area contributed by atoms with Crippen molar-refractivity contribution in [2.75, 3.05) is 6.54 Å². The van der Waals surface area contributed by atoms with Crippen LogP contribution in [0.5, 0.6) is 0 Å². The second-order valence-electron chi connectivity index (χ2n) is 5.79. The molecule has 5 heterocycles. The number of pyridine rings is 2. The van der Waals surface area contributed by atoms with Gasteiger partial charge in [-0.3, -0.25) is 0 Å². The Morgan fingerprint density at radius 1 is 1.17 bits per heavy atom. The molecule has 7 heteroatoms. The normalized spacial score (nSPS) is 14.0. The maximum atomic E-state index is 9.08. The Balaban J connectivity index is 1.71. The van der Waals surface area contributed by atoms with Gasteiger partial charge < -0.3 is 10.3 Å². The molecule has 1 aliphatic heterocycles. The van der Waals surface area contributed by atoms with Gasteiger partial charge in [-0.15, -0.1) is 11.3 Å². The van der Waals surface area contributed by atoms with Crippen LogP contribution < -0.4 is 5.32 Å². The van der Waals surface area contributed by atoms with E-state index in [0.717, 1.165) is 52.0 Å². The van der Waals surface area contributed by atoms with E-state index in [1.165, 1.54) is 10.6 Å². The first-order valence-electron chi connectivity index (χ1n) is 7.69. The minimum atomic E-state index is 0.407. The number of nitriles is 1. The van der Waals surface area contributed by atoms with Gasteiger partial charge in [-0.25, -0.2) is 15.0 Å². The third-order valence-corrected chi connectivity index (χ3v) is 5.45. The van der Waals surface area contributed by atoms with E-state index < -0.39 is 0 Å². The second-order valence-corrected chi connectivity index (χ2v) is 6.87. The molecule has 0 fully saturated rings. The van der Waals surface area contributed by atoms with Crippen LogP contribution in [0.4, 0.5) is 0 Å². The standard InChI is InChI=1S/C17H12N6S/c18-5-10-4-11-12-3-9(6-21-16(12)22-14(11)7-20-10)17-23-13-1-2-19-8-15(13)24-17/h3-4,6-7,19H,1-2,8H2,(H,21,22). The number of nitrogens with one attached hydrogen (secondary N) is 2. The minimum Gasteiger partial charge on any atom is -0.338 e. The fourth-order valence-corrected chi connectivity index (χ4v) is 4.16. The van der Waals surface area contributed by atoms with Crippen molar-refractivity contribution in [1.82, 2.24) is 25.3 Å². The summed E-state index contributed by atoms with van der Waals surface area (Å²) >= 11 is 1.72. The monoisotopic (exact) mass is 332 g/mol. The summed E-state index contributed by atoms with van der Waals surface area (Å²) in [6.45, 7) is 1.88. The fraction of sp³-hybridized carbons (Fsp3) is 0.176. The summed E-state index contributed by atoms with van der Waals surface area (Å²) in [6, 6.07) is 5.99. The molecular formula is C17H12N6S. The average Bonchev–Trinajstić information content (AvgIpc) is 3.21. The van der Waals surface area contributed by atoms with Gasteiger partial charge in [0.15, 0.2) is 0 Å². The average molecular weight is 332 g/mol. The van der Waals surface area contributed by atoms with Crippen molar-refractivity contribution in [3.8, 4) is 16.6 Å². The number of rotatable bonds is 1. The van der Waals surface area contributed by atoms with Gasteiger partial charge in [0, 0.05) is 46.9 Å². The zero-order chi connectivity index (χ0) is 16.1. The third-order valence-electron chi connectivity index (χ3n) is 4.30. The minimum absolute atomic E-state index is 0.407. The highest BCUT2D eigenvalue weighted by Crippen LogP contribution is 2.32. The second kappa shape index (κ2) is 5.09. The van der Waals surface area contributed by atoms with E-state index >= 15 is 0 Å². The number of hydrogen-bond donors (Lipinski definition) is 2. The van der Waals surface area contributed by atoms with Crippen molar-refractivity contribution >= 4 is 33.3 Å². The number of fused-ring (bicyclic) bond motifs is 4. The number of thiazole rings is 1. The quantitative estimate of drug-likeness (QED) is 0.559. The Morgan fingerprint density at radius 2 is 2.12 bits per heavy atom. The SMILES string of the molecule is N#Cc1cc2c(cn1)[nH]c1ncc(-c3nc4c(s3)CNCC4)cc12. The molecule has 0 amide bonds. The molecule has 6 nitrogen and oxygen atoms in total. The zero-order valence-corrected chi connectivity index (χ0v) is 13.4. The molecule has 0 saturated carbocycles. The first kappa shape index (κ1) is 13.6. The summed E-state index contributed by atoms with van der Waals surface area (Å²) in [6.07, 6.45) is 4.52. The summed E-state index contributed by atoms with van der Waals surface area (Å²) in [4.78, 5) is 18.0. The van der Waals surface area contributed by atoms with E-state index in [2.05, 4.69) is 32.4 Å². The molecule has 0 radical (unpaired) electrons. The number of H-pyrrole nitrogens is 1. The van der Waals surface area contributed by atoms with Crippen LogP contribution in [0, 0.1) is 11.3 Å². The van der Waals surface area contributed by atoms with E-state index in [0.29, 0.717) is 5.69 Å². The molecule has 0 aliphatic carbocycles. The fourth-order valence-electron chi connectivity index (χ4n) is 3.10. The van der Waals surface area contributed by atoms with Crippen molar-refractivity contribution in [3.05, 3.63) is 40.8 Å². The predicted octanol–water partition coefficient (Wildman–Crippen LogP) is 2.75. The van der Waals surface area contributed by atoms with Gasteiger partial charge in [-0.05, 0) is 12.1 Å². The topological polar surface area (TPSA) is 90.3 Å². The van der Waals surface area contributed by atoms with Gasteiger partial charge in [-0.1, -0.05) is 0 Å². The lowest BCUT2D eigenvalue weighted by Gasteiger charge is -2.09. The first-order valence-corrected chi connectivity index (χ1v) is 8.51. The van der Waals surface area contributed by atoms with Crippen LogP contribution in [-0.4, -0.2) is 26.5 Å². The molecule has 0 aromatic carbocycles. The highest BCUT2D eigenvalue weighted by Gasteiger charge is 2.17. The molecule has 0 bridgehead atoms. The molecule has 0 unspecified atom stereocenters. The number of aromatic nitrogens is 4. The summed E-state index contributed by atoms with van der Waals surface area (Å²) in [5, 5.41) is 15.4. The van der Waals surface area contributed by atoms with E-state index in [1.54, 1.807) is 23.6 Å². The lowest BCUT2D eigenvalue weighted by molar-refractivity contribution is 0.644. The molecule has 0 spiro atoms. The number of aromatic amines is 1. The molecular weight excluding hydrogens is 320 g/mol. The van der Waals surface area contributed by atoms with Crippen LogP contribution in [0.3, 0.4) is 0 Å². The largest absolute Gasteiger partial charge is 0.338 e. The Bertz CT molecular complexity index is 1110. The van der Waals surface area contributed by atoms with Crippen LogP contribution in [0.25, 0.3) is 32.5 Å². The maximum absolute atomic E-state index is 9.08. The van der Waals surface area contributed by atoms with Crippen LogP contribution in [0.1, 0.15) is 16.3 Å². The van der Waals surface area contributed by atoms with E-state index in [4.69, 9.17) is 10.2 Å². The van der Waals surface area contributed by atoms with Gasteiger partial charge in [-0.2, -0.15) is 5.26 Å². The summed E-state index contributed by atoms with van der Waals surface area (Å²) in [5.74, 6) is 0. The van der Waals surface area contributed by atoms with Crippen molar-refractivity contribution in [1.29, 1.82) is 5.26 Å². The predicted molar refractivity (Wildman–Crippen MR) is 92.6 cm³/mol. The molecule has 5 rings (SSSR count). The number of hydrogen-bond acceptors (Lipinski definition) is 6. The van der Waals surface area contributed by atoms with Crippen LogP contribution in [0.15, 0.2) is 24.5 Å². The maximum Gasteiger partial charge on any atom is 0.141 e. The first-order chi connectivity index (χ1) is 11.8. The Labute approximate surface area is 141 Å². The highest BCUT2D eigenvalue weighted by molar-refractivity contribution is 7.15. The molecule has 24 heavy (non-hydrogen) atoms. The van der Waals surface area contributed by atoms with Crippen molar-refractivity contribution in [3.63, 3.8) is 0 Å². The Hall–Kier alpha value is -2.82. The smallest absolute Gasteiger partial charge is 0.141 e. The van der Waals surface area contributed by atoms with Crippen LogP contribution in [0.2, 0.25) is 0 Å². The van der Waals surface area contributed by atoms with Gasteiger partial charge in [0.2, 0.25) is 0 Å². The Morgan fingerprint density at radius 3 is 3.00 bits per heavy atom. The molecule has 116 valence electrons. The zero-order valence-electron chi connectivity index (χ0n) is 12.6. The summed E-state index contributed by atoms with van der Waals surface area (Å²) < 4.78 is 0. The van der Waals surface area contributed by atoms with Crippen LogP contribution in [-0.2, 0) is 13.0 Å².